The first-order valence-electron chi connectivity index (χ1n) is 4.62. The van der Waals surface area contributed by atoms with Gasteiger partial charge < -0.3 is 10.0 Å². The van der Waals surface area contributed by atoms with Gasteiger partial charge in [-0.3, -0.25) is 4.79 Å². The lowest BCUT2D eigenvalue weighted by Gasteiger charge is -2.29. The van der Waals surface area contributed by atoms with Crippen LogP contribution < -0.4 is 0 Å². The Morgan fingerprint density at radius 3 is 2.62 bits per heavy atom. The molecule has 0 aromatic heterocycles. The van der Waals surface area contributed by atoms with Gasteiger partial charge in [-0.15, -0.1) is 12.3 Å². The summed E-state index contributed by atoms with van der Waals surface area (Å²) in [7, 11) is 0. The molecule has 0 amide bonds. The lowest BCUT2D eigenvalue weighted by Crippen LogP contribution is -2.36. The number of nitrogens with zero attached hydrogens (tertiary/aromatic N) is 1. The topological polar surface area (TPSA) is 40.5 Å². The minimum absolute atomic E-state index is 0.137. The first-order chi connectivity index (χ1) is 6.24. The number of hydrogen-bond acceptors (Lipinski definition) is 2. The van der Waals surface area contributed by atoms with E-state index in [-0.39, 0.29) is 5.92 Å². The van der Waals surface area contributed by atoms with Crippen LogP contribution in [-0.4, -0.2) is 35.6 Å². The molecule has 1 N–H and O–H groups in total. The third-order valence-corrected chi connectivity index (χ3v) is 2.51. The van der Waals surface area contributed by atoms with E-state index >= 15 is 0 Å². The van der Waals surface area contributed by atoms with Gasteiger partial charge in [0.2, 0.25) is 0 Å². The van der Waals surface area contributed by atoms with Crippen molar-refractivity contribution in [3.05, 3.63) is 0 Å². The fourth-order valence-electron chi connectivity index (χ4n) is 1.63. The zero-order chi connectivity index (χ0) is 9.68. The quantitative estimate of drug-likeness (QED) is 0.655. The van der Waals surface area contributed by atoms with Gasteiger partial charge in [0.15, 0.2) is 0 Å². The number of carboxylic acids is 1. The Balaban J connectivity index is 2.23. The standard InChI is InChI=1S/C10H15NO2/c1-2-3-6-11-7-4-9(5-8-11)10(12)13/h1,9H,3-8H2,(H,12,13). The predicted molar refractivity (Wildman–Crippen MR) is 50.2 cm³/mol. The second-order valence-electron chi connectivity index (χ2n) is 3.41. The summed E-state index contributed by atoms with van der Waals surface area (Å²) >= 11 is 0. The van der Waals surface area contributed by atoms with E-state index in [2.05, 4.69) is 10.8 Å². The van der Waals surface area contributed by atoms with Gasteiger partial charge in [-0.2, -0.15) is 0 Å². The minimum Gasteiger partial charge on any atom is -0.481 e. The SMILES string of the molecule is C#CCCN1CCC(C(=O)O)CC1. The van der Waals surface area contributed by atoms with Crippen LogP contribution in [-0.2, 0) is 4.79 Å². The second kappa shape index (κ2) is 4.88. The lowest BCUT2D eigenvalue weighted by atomic mass is 9.97. The minimum atomic E-state index is -0.656. The maximum Gasteiger partial charge on any atom is 0.306 e. The van der Waals surface area contributed by atoms with Gasteiger partial charge in [0.1, 0.15) is 0 Å². The number of aliphatic carboxylic acids is 1. The Morgan fingerprint density at radius 2 is 2.15 bits per heavy atom. The van der Waals surface area contributed by atoms with Gasteiger partial charge in [0.05, 0.1) is 5.92 Å². The van der Waals surface area contributed by atoms with E-state index in [0.29, 0.717) is 0 Å². The molecule has 0 saturated carbocycles. The molecule has 72 valence electrons. The van der Waals surface area contributed by atoms with E-state index in [4.69, 9.17) is 11.5 Å². The molecule has 3 heteroatoms. The highest BCUT2D eigenvalue weighted by Gasteiger charge is 2.23. The molecule has 3 nitrogen and oxygen atoms in total. The molecule has 0 aromatic carbocycles. The van der Waals surface area contributed by atoms with Crippen LogP contribution >= 0.6 is 0 Å². The van der Waals surface area contributed by atoms with Crippen molar-refractivity contribution in [2.24, 2.45) is 5.92 Å². The monoisotopic (exact) mass is 181 g/mol. The number of likely N-dealkylation sites (tertiary alicyclic amines) is 1. The number of carboxylic acid groups (broad SMARTS) is 1. The van der Waals surface area contributed by atoms with Crippen molar-refractivity contribution in [2.75, 3.05) is 19.6 Å². The number of rotatable bonds is 3. The zero-order valence-electron chi connectivity index (χ0n) is 7.70. The van der Waals surface area contributed by atoms with Crippen LogP contribution in [0.15, 0.2) is 0 Å². The first kappa shape index (κ1) is 10.1. The van der Waals surface area contributed by atoms with Gasteiger partial charge in [0.25, 0.3) is 0 Å². The first-order valence-corrected chi connectivity index (χ1v) is 4.62. The van der Waals surface area contributed by atoms with Crippen molar-refractivity contribution in [1.82, 2.24) is 4.90 Å². The normalized spacial score (nSPS) is 19.6. The van der Waals surface area contributed by atoms with Crippen molar-refractivity contribution in [2.45, 2.75) is 19.3 Å². The summed E-state index contributed by atoms with van der Waals surface area (Å²) in [6.07, 6.45) is 7.44. The van der Waals surface area contributed by atoms with E-state index < -0.39 is 5.97 Å². The van der Waals surface area contributed by atoms with E-state index in [0.717, 1.165) is 38.9 Å². The molecule has 1 aliphatic rings. The van der Waals surface area contributed by atoms with Gasteiger partial charge in [-0.25, -0.2) is 0 Å². The Hall–Kier alpha value is -1.01. The summed E-state index contributed by atoms with van der Waals surface area (Å²) in [5.41, 5.74) is 0. The molecule has 1 saturated heterocycles. The van der Waals surface area contributed by atoms with Gasteiger partial charge in [0, 0.05) is 13.0 Å². The fraction of sp³-hybridized carbons (Fsp3) is 0.700. The largest absolute Gasteiger partial charge is 0.481 e. The van der Waals surface area contributed by atoms with Crippen molar-refractivity contribution < 1.29 is 9.90 Å². The summed E-state index contributed by atoms with van der Waals surface area (Å²) in [6.45, 7) is 2.65. The Bertz CT molecular complexity index is 211. The molecule has 0 spiro atoms. The third kappa shape index (κ3) is 3.08. The number of piperidine rings is 1. The summed E-state index contributed by atoms with van der Waals surface area (Å²) in [4.78, 5) is 12.9. The second-order valence-corrected chi connectivity index (χ2v) is 3.41. The third-order valence-electron chi connectivity index (χ3n) is 2.51. The molecule has 0 bridgehead atoms. The summed E-state index contributed by atoms with van der Waals surface area (Å²) < 4.78 is 0. The van der Waals surface area contributed by atoms with E-state index in [1.54, 1.807) is 0 Å². The molecule has 0 aliphatic carbocycles. The van der Waals surface area contributed by atoms with E-state index in [1.165, 1.54) is 0 Å². The van der Waals surface area contributed by atoms with Crippen molar-refractivity contribution >= 4 is 5.97 Å². The van der Waals surface area contributed by atoms with Crippen LogP contribution in [0.25, 0.3) is 0 Å². The average Bonchev–Trinajstić information content (AvgIpc) is 2.15. The molecule has 13 heavy (non-hydrogen) atoms. The van der Waals surface area contributed by atoms with Crippen LogP contribution in [0, 0.1) is 18.3 Å². The van der Waals surface area contributed by atoms with Crippen LogP contribution in [0.3, 0.4) is 0 Å². The van der Waals surface area contributed by atoms with Crippen LogP contribution in [0.1, 0.15) is 19.3 Å². The predicted octanol–water partition coefficient (Wildman–Crippen LogP) is 0.806. The molecular formula is C10H15NO2. The average molecular weight is 181 g/mol. The van der Waals surface area contributed by atoms with Crippen LogP contribution in [0.2, 0.25) is 0 Å². The number of terminal acetylenes is 1. The highest BCUT2D eigenvalue weighted by atomic mass is 16.4. The molecule has 0 unspecified atom stereocenters. The molecule has 0 atom stereocenters. The highest BCUT2D eigenvalue weighted by molar-refractivity contribution is 5.70. The fourth-order valence-corrected chi connectivity index (χ4v) is 1.63. The summed E-state index contributed by atoms with van der Waals surface area (Å²) in [5.74, 6) is 1.80. The molecule has 1 rings (SSSR count). The number of hydrogen-bond donors (Lipinski definition) is 1. The van der Waals surface area contributed by atoms with Gasteiger partial charge >= 0.3 is 5.97 Å². The lowest BCUT2D eigenvalue weighted by molar-refractivity contribution is -0.143. The molecule has 0 aromatic rings. The van der Waals surface area contributed by atoms with Crippen molar-refractivity contribution in [3.8, 4) is 12.3 Å². The van der Waals surface area contributed by atoms with Gasteiger partial charge in [-0.05, 0) is 25.9 Å². The highest BCUT2D eigenvalue weighted by Crippen LogP contribution is 2.16. The maximum absolute atomic E-state index is 10.6. The van der Waals surface area contributed by atoms with E-state index in [9.17, 15) is 4.79 Å². The molecule has 1 aliphatic heterocycles. The smallest absolute Gasteiger partial charge is 0.306 e. The Morgan fingerprint density at radius 1 is 1.54 bits per heavy atom. The molecule has 1 fully saturated rings. The number of carbonyl (C=O) groups is 1. The Kier molecular flexibility index (Phi) is 3.78. The molecule has 0 radical (unpaired) electrons. The molecular weight excluding hydrogens is 166 g/mol. The van der Waals surface area contributed by atoms with Crippen LogP contribution in [0.4, 0.5) is 0 Å². The summed E-state index contributed by atoms with van der Waals surface area (Å²) in [5, 5.41) is 8.75. The zero-order valence-corrected chi connectivity index (χ0v) is 7.70. The summed E-state index contributed by atoms with van der Waals surface area (Å²) in [6, 6.07) is 0. The maximum atomic E-state index is 10.6. The van der Waals surface area contributed by atoms with Crippen molar-refractivity contribution in [3.63, 3.8) is 0 Å². The Labute approximate surface area is 78.7 Å². The van der Waals surface area contributed by atoms with Gasteiger partial charge in [-0.1, -0.05) is 0 Å². The van der Waals surface area contributed by atoms with Crippen LogP contribution in [0.5, 0.6) is 0 Å². The van der Waals surface area contributed by atoms with Crippen molar-refractivity contribution in [1.29, 1.82) is 0 Å². The van der Waals surface area contributed by atoms with E-state index in [1.807, 2.05) is 0 Å². The molecule has 1 heterocycles.